The first kappa shape index (κ1) is 20.3. The number of ether oxygens (including phenoxy) is 2. The fraction of sp³-hybridized carbons (Fsp3) is 0.474. The number of hydrogen-bond donors (Lipinski definition) is 0. The summed E-state index contributed by atoms with van der Waals surface area (Å²) in [5.74, 6) is -0.110. The average Bonchev–Trinajstić information content (AvgIpc) is 2.68. The Hall–Kier alpha value is -1.99. The van der Waals surface area contributed by atoms with Gasteiger partial charge < -0.3 is 9.47 Å². The molecule has 7 heteroatoms. The van der Waals surface area contributed by atoms with E-state index >= 15 is 0 Å². The number of esters is 1. The lowest BCUT2D eigenvalue weighted by Gasteiger charge is -2.40. The standard InChI is InChI=1S/C17H19N3O3S.C2H6/c1-2-17(7-10-23-17)12-22-15(21)11-24-16-19-9-6-14(20-16)13-5-3-4-8-18-13;1-2/h3-6,8-9H,2,7,10-12H2,1H3;1-2H3. The minimum absolute atomic E-state index is 0.172. The molecule has 6 nitrogen and oxygen atoms in total. The van der Waals surface area contributed by atoms with Crippen LogP contribution in [0.2, 0.25) is 0 Å². The molecule has 1 aliphatic heterocycles. The first-order chi connectivity index (χ1) is 12.7. The number of rotatable bonds is 7. The second-order valence-corrected chi connectivity index (χ2v) is 6.47. The number of pyridine rings is 1. The van der Waals surface area contributed by atoms with Gasteiger partial charge in [-0.15, -0.1) is 0 Å². The van der Waals surface area contributed by atoms with E-state index in [1.807, 2.05) is 39.0 Å². The van der Waals surface area contributed by atoms with E-state index in [0.717, 1.165) is 30.8 Å². The molecule has 1 unspecified atom stereocenters. The van der Waals surface area contributed by atoms with Crippen molar-refractivity contribution >= 4 is 17.7 Å². The molecule has 140 valence electrons. The highest BCUT2D eigenvalue weighted by Crippen LogP contribution is 2.30. The number of thioether (sulfide) groups is 1. The van der Waals surface area contributed by atoms with E-state index in [2.05, 4.69) is 15.0 Å². The Bertz CT molecular complexity index is 688. The number of carbonyl (C=O) groups is 1. The fourth-order valence-electron chi connectivity index (χ4n) is 2.33. The molecule has 1 aliphatic rings. The van der Waals surface area contributed by atoms with Crippen molar-refractivity contribution in [3.05, 3.63) is 36.7 Å². The van der Waals surface area contributed by atoms with E-state index in [1.54, 1.807) is 18.5 Å². The average molecular weight is 375 g/mol. The van der Waals surface area contributed by atoms with Crippen LogP contribution in [0.5, 0.6) is 0 Å². The summed E-state index contributed by atoms with van der Waals surface area (Å²) < 4.78 is 10.9. The highest BCUT2D eigenvalue weighted by molar-refractivity contribution is 7.99. The van der Waals surface area contributed by atoms with Crippen LogP contribution < -0.4 is 0 Å². The van der Waals surface area contributed by atoms with Crippen LogP contribution in [0.3, 0.4) is 0 Å². The zero-order valence-corrected chi connectivity index (χ0v) is 16.3. The zero-order valence-electron chi connectivity index (χ0n) is 15.5. The van der Waals surface area contributed by atoms with Gasteiger partial charge in [0, 0.05) is 18.8 Å². The largest absolute Gasteiger partial charge is 0.462 e. The van der Waals surface area contributed by atoms with Crippen LogP contribution in [0.1, 0.15) is 33.6 Å². The Morgan fingerprint density at radius 2 is 2.04 bits per heavy atom. The van der Waals surface area contributed by atoms with Crippen LogP contribution in [0.4, 0.5) is 0 Å². The lowest BCUT2D eigenvalue weighted by Crippen LogP contribution is -2.47. The first-order valence-electron chi connectivity index (χ1n) is 8.88. The molecule has 3 heterocycles. The van der Waals surface area contributed by atoms with E-state index < -0.39 is 0 Å². The van der Waals surface area contributed by atoms with Gasteiger partial charge in [0.05, 0.1) is 23.7 Å². The molecule has 0 N–H and O–H groups in total. The minimum Gasteiger partial charge on any atom is -0.462 e. The summed E-state index contributed by atoms with van der Waals surface area (Å²) in [6.07, 6.45) is 5.18. The predicted octanol–water partition coefficient (Wildman–Crippen LogP) is 3.77. The van der Waals surface area contributed by atoms with Crippen LogP contribution in [-0.2, 0) is 14.3 Å². The summed E-state index contributed by atoms with van der Waals surface area (Å²) in [6.45, 7) is 7.10. The lowest BCUT2D eigenvalue weighted by atomic mass is 9.93. The molecular formula is C19H25N3O3S. The van der Waals surface area contributed by atoms with Gasteiger partial charge in [0.2, 0.25) is 0 Å². The smallest absolute Gasteiger partial charge is 0.316 e. The molecule has 1 fully saturated rings. The second kappa shape index (κ2) is 10.2. The van der Waals surface area contributed by atoms with Gasteiger partial charge in [0.25, 0.3) is 0 Å². The molecule has 0 saturated carbocycles. The molecular weight excluding hydrogens is 350 g/mol. The molecule has 2 aromatic heterocycles. The maximum atomic E-state index is 11.9. The number of hydrogen-bond acceptors (Lipinski definition) is 7. The van der Waals surface area contributed by atoms with E-state index in [0.29, 0.717) is 11.8 Å². The highest BCUT2D eigenvalue weighted by Gasteiger charge is 2.37. The van der Waals surface area contributed by atoms with Gasteiger partial charge in [-0.05, 0) is 24.6 Å². The Morgan fingerprint density at radius 1 is 1.23 bits per heavy atom. The highest BCUT2D eigenvalue weighted by atomic mass is 32.2. The van der Waals surface area contributed by atoms with Crippen molar-refractivity contribution in [3.8, 4) is 11.4 Å². The second-order valence-electron chi connectivity index (χ2n) is 5.52. The lowest BCUT2D eigenvalue weighted by molar-refractivity contribution is -0.188. The molecule has 26 heavy (non-hydrogen) atoms. The molecule has 0 spiro atoms. The third kappa shape index (κ3) is 5.51. The van der Waals surface area contributed by atoms with E-state index in [9.17, 15) is 4.79 Å². The van der Waals surface area contributed by atoms with Gasteiger partial charge in [0.15, 0.2) is 5.16 Å². The van der Waals surface area contributed by atoms with Crippen LogP contribution in [-0.4, -0.2) is 45.5 Å². The molecule has 0 aliphatic carbocycles. The summed E-state index contributed by atoms with van der Waals surface area (Å²) in [7, 11) is 0. The monoisotopic (exact) mass is 375 g/mol. The number of nitrogens with zero attached hydrogens (tertiary/aromatic N) is 3. The summed E-state index contributed by atoms with van der Waals surface area (Å²) in [5, 5.41) is 0.528. The molecule has 2 aromatic rings. The van der Waals surface area contributed by atoms with Crippen molar-refractivity contribution < 1.29 is 14.3 Å². The molecule has 1 atom stereocenters. The van der Waals surface area contributed by atoms with Gasteiger partial charge in [0.1, 0.15) is 12.2 Å². The van der Waals surface area contributed by atoms with Gasteiger partial charge in [-0.3, -0.25) is 9.78 Å². The Kier molecular flexibility index (Phi) is 8.00. The van der Waals surface area contributed by atoms with Crippen molar-refractivity contribution in [1.29, 1.82) is 0 Å². The number of aromatic nitrogens is 3. The maximum Gasteiger partial charge on any atom is 0.316 e. The summed E-state index contributed by atoms with van der Waals surface area (Å²) in [5.41, 5.74) is 1.24. The molecule has 0 amide bonds. The summed E-state index contributed by atoms with van der Waals surface area (Å²) in [6, 6.07) is 7.43. The van der Waals surface area contributed by atoms with Gasteiger partial charge >= 0.3 is 5.97 Å². The van der Waals surface area contributed by atoms with Crippen LogP contribution in [0.25, 0.3) is 11.4 Å². The maximum absolute atomic E-state index is 11.9. The SMILES string of the molecule is CC.CCC1(COC(=O)CSc2nccc(-c3ccccn3)n2)CCO1. The van der Waals surface area contributed by atoms with Gasteiger partial charge in [-0.2, -0.15) is 0 Å². The summed E-state index contributed by atoms with van der Waals surface area (Å²) >= 11 is 1.26. The van der Waals surface area contributed by atoms with Crippen LogP contribution >= 0.6 is 11.8 Å². The fourth-order valence-corrected chi connectivity index (χ4v) is 2.96. The van der Waals surface area contributed by atoms with Crippen molar-refractivity contribution in [2.45, 2.75) is 44.4 Å². The van der Waals surface area contributed by atoms with Crippen LogP contribution in [0, 0.1) is 0 Å². The zero-order chi connectivity index (χ0) is 18.8. The Balaban J connectivity index is 0.00000117. The molecule has 0 bridgehead atoms. The third-order valence-corrected chi connectivity index (χ3v) is 4.82. The van der Waals surface area contributed by atoms with Crippen molar-refractivity contribution in [1.82, 2.24) is 15.0 Å². The molecule has 1 saturated heterocycles. The molecule has 0 radical (unpaired) electrons. The Labute approximate surface area is 158 Å². The topological polar surface area (TPSA) is 74.2 Å². The Morgan fingerprint density at radius 3 is 2.65 bits per heavy atom. The third-order valence-electron chi connectivity index (χ3n) is 3.99. The predicted molar refractivity (Wildman–Crippen MR) is 102 cm³/mol. The van der Waals surface area contributed by atoms with Gasteiger partial charge in [-0.25, -0.2) is 9.97 Å². The van der Waals surface area contributed by atoms with E-state index in [1.165, 1.54) is 11.8 Å². The summed E-state index contributed by atoms with van der Waals surface area (Å²) in [4.78, 5) is 24.8. The quantitative estimate of drug-likeness (QED) is 0.414. The number of carbonyl (C=O) groups excluding carboxylic acids is 1. The van der Waals surface area contributed by atoms with Crippen molar-refractivity contribution in [2.24, 2.45) is 0 Å². The molecule has 0 aromatic carbocycles. The first-order valence-corrected chi connectivity index (χ1v) is 9.86. The van der Waals surface area contributed by atoms with Crippen LogP contribution in [0.15, 0.2) is 41.8 Å². The van der Waals surface area contributed by atoms with Crippen molar-refractivity contribution in [2.75, 3.05) is 19.0 Å². The van der Waals surface area contributed by atoms with E-state index in [4.69, 9.17) is 9.47 Å². The van der Waals surface area contributed by atoms with Crippen molar-refractivity contribution in [3.63, 3.8) is 0 Å². The minimum atomic E-state index is -0.282. The normalized spacial score (nSPS) is 18.3. The van der Waals surface area contributed by atoms with Gasteiger partial charge in [-0.1, -0.05) is 38.6 Å². The molecule has 3 rings (SSSR count). The van der Waals surface area contributed by atoms with E-state index in [-0.39, 0.29) is 17.3 Å².